The molecule has 104 valence electrons. The summed E-state index contributed by atoms with van der Waals surface area (Å²) >= 11 is 9.64. The van der Waals surface area contributed by atoms with Crippen molar-refractivity contribution < 1.29 is 13.6 Å². The molecule has 0 amide bonds. The summed E-state index contributed by atoms with van der Waals surface area (Å²) < 4.78 is 21.5. The maximum Gasteiger partial charge on any atom is 0.424 e. The molecule has 0 aromatic rings. The van der Waals surface area contributed by atoms with Gasteiger partial charge in [0, 0.05) is 11.2 Å². The fourth-order valence-corrected chi connectivity index (χ4v) is 2.64. The second kappa shape index (κ2) is 11.9. The zero-order chi connectivity index (χ0) is 13.0. The van der Waals surface area contributed by atoms with Crippen LogP contribution in [0.3, 0.4) is 0 Å². The third-order valence-corrected chi connectivity index (χ3v) is 4.18. The van der Waals surface area contributed by atoms with E-state index in [1.807, 2.05) is 0 Å². The maximum absolute atomic E-state index is 11.5. The molecular formula is C11H24ClO3PS. The lowest BCUT2D eigenvalue weighted by molar-refractivity contribution is 0.215. The van der Waals surface area contributed by atoms with E-state index in [0.717, 1.165) is 19.3 Å². The summed E-state index contributed by atoms with van der Waals surface area (Å²) in [5, 5.41) is 0. The number of rotatable bonds is 12. The highest BCUT2D eigenvalue weighted by molar-refractivity contribution is 7.81. The molecule has 0 fully saturated rings. The van der Waals surface area contributed by atoms with Gasteiger partial charge in [0.25, 0.3) is 0 Å². The van der Waals surface area contributed by atoms with Crippen molar-refractivity contribution in [2.75, 3.05) is 19.0 Å². The molecule has 0 bridgehead atoms. The van der Waals surface area contributed by atoms with Crippen LogP contribution in [0.5, 0.6) is 0 Å². The lowest BCUT2D eigenvalue weighted by Crippen LogP contribution is -1.96. The summed E-state index contributed by atoms with van der Waals surface area (Å²) in [5.74, 6) is 0.689. The van der Waals surface area contributed by atoms with Crippen molar-refractivity contribution in [3.63, 3.8) is 0 Å². The molecule has 0 spiro atoms. The Kier molecular flexibility index (Phi) is 12.4. The molecule has 0 heterocycles. The summed E-state index contributed by atoms with van der Waals surface area (Å²) in [6, 6.07) is 0. The molecule has 0 N–H and O–H groups in total. The third kappa shape index (κ3) is 13.0. The van der Waals surface area contributed by atoms with Crippen LogP contribution in [0.4, 0.5) is 0 Å². The van der Waals surface area contributed by atoms with E-state index in [0.29, 0.717) is 19.0 Å². The Balaban J connectivity index is 3.36. The average molecular weight is 303 g/mol. The molecule has 0 radical (unpaired) electrons. The van der Waals surface area contributed by atoms with E-state index in [9.17, 15) is 4.57 Å². The van der Waals surface area contributed by atoms with Crippen molar-refractivity contribution in [2.45, 2.75) is 51.9 Å². The molecule has 17 heavy (non-hydrogen) atoms. The number of thiol groups is 1. The van der Waals surface area contributed by atoms with Crippen LogP contribution in [0.1, 0.15) is 51.9 Å². The molecule has 0 aliphatic carbocycles. The lowest BCUT2D eigenvalue weighted by atomic mass is 10.1. The molecule has 1 atom stereocenters. The highest BCUT2D eigenvalue weighted by Crippen LogP contribution is 2.53. The van der Waals surface area contributed by atoms with E-state index >= 15 is 0 Å². The average Bonchev–Trinajstić information content (AvgIpc) is 2.28. The van der Waals surface area contributed by atoms with Gasteiger partial charge in [-0.15, -0.1) is 0 Å². The number of halogens is 1. The minimum Gasteiger partial charge on any atom is -0.297 e. The number of hydrogen-bond acceptors (Lipinski definition) is 4. The van der Waals surface area contributed by atoms with Crippen LogP contribution in [-0.4, -0.2) is 19.0 Å². The maximum atomic E-state index is 11.5. The van der Waals surface area contributed by atoms with Gasteiger partial charge in [0.05, 0.1) is 13.2 Å². The Morgan fingerprint density at radius 2 is 1.53 bits per heavy atom. The Morgan fingerprint density at radius 1 is 1.00 bits per heavy atom. The topological polar surface area (TPSA) is 35.5 Å². The first-order valence-corrected chi connectivity index (χ1v) is 9.40. The van der Waals surface area contributed by atoms with Gasteiger partial charge in [-0.25, -0.2) is 4.57 Å². The molecule has 0 aliphatic rings. The Labute approximate surface area is 115 Å². The standard InChI is InChI=1S/C11H24ClO3PS/c1-2-3-4-5-6-7-9-14-16(12,13)15-10-8-11-17/h17H,2-11H2,1H3. The summed E-state index contributed by atoms with van der Waals surface area (Å²) in [6.45, 7) is -0.411. The molecule has 3 nitrogen and oxygen atoms in total. The second-order valence-electron chi connectivity index (χ2n) is 3.94. The minimum absolute atomic E-state index is 0.334. The van der Waals surface area contributed by atoms with Crippen LogP contribution in [0.2, 0.25) is 0 Å². The van der Waals surface area contributed by atoms with Gasteiger partial charge in [0.15, 0.2) is 0 Å². The van der Waals surface area contributed by atoms with Crippen molar-refractivity contribution in [3.8, 4) is 0 Å². The van der Waals surface area contributed by atoms with Gasteiger partial charge in [-0.05, 0) is 18.6 Å². The van der Waals surface area contributed by atoms with Crippen molar-refractivity contribution >= 4 is 30.8 Å². The largest absolute Gasteiger partial charge is 0.424 e. The van der Waals surface area contributed by atoms with E-state index in [4.69, 9.17) is 20.3 Å². The molecule has 1 unspecified atom stereocenters. The van der Waals surface area contributed by atoms with Crippen molar-refractivity contribution in [1.29, 1.82) is 0 Å². The predicted octanol–water partition coefficient (Wildman–Crippen LogP) is 5.05. The van der Waals surface area contributed by atoms with Gasteiger partial charge in [-0.3, -0.25) is 9.05 Å². The third-order valence-electron chi connectivity index (χ3n) is 2.29. The smallest absolute Gasteiger partial charge is 0.297 e. The molecule has 0 aromatic heterocycles. The first-order valence-electron chi connectivity index (χ1n) is 6.32. The first kappa shape index (κ1) is 17.8. The Hall–Kier alpha value is 0.790. The minimum atomic E-state index is -3.35. The van der Waals surface area contributed by atoms with Gasteiger partial charge in [-0.2, -0.15) is 12.6 Å². The summed E-state index contributed by atoms with van der Waals surface area (Å²) in [7, 11) is 0. The van der Waals surface area contributed by atoms with E-state index in [2.05, 4.69) is 19.6 Å². The van der Waals surface area contributed by atoms with E-state index < -0.39 is 6.95 Å². The van der Waals surface area contributed by atoms with Crippen molar-refractivity contribution in [1.82, 2.24) is 0 Å². The molecule has 0 saturated heterocycles. The van der Waals surface area contributed by atoms with Crippen molar-refractivity contribution in [3.05, 3.63) is 0 Å². The Morgan fingerprint density at radius 3 is 2.12 bits per heavy atom. The van der Waals surface area contributed by atoms with Crippen molar-refractivity contribution in [2.24, 2.45) is 0 Å². The molecule has 0 rings (SSSR count). The zero-order valence-electron chi connectivity index (χ0n) is 10.6. The highest BCUT2D eigenvalue weighted by Gasteiger charge is 2.19. The van der Waals surface area contributed by atoms with E-state index in [-0.39, 0.29) is 0 Å². The van der Waals surface area contributed by atoms with Crippen LogP contribution in [-0.2, 0) is 13.6 Å². The van der Waals surface area contributed by atoms with Gasteiger partial charge in [0.2, 0.25) is 0 Å². The Bertz CT molecular complexity index is 217. The number of unbranched alkanes of at least 4 members (excludes halogenated alkanes) is 5. The first-order chi connectivity index (χ1) is 8.12. The molecular weight excluding hydrogens is 279 g/mol. The van der Waals surface area contributed by atoms with Gasteiger partial charge < -0.3 is 0 Å². The number of hydrogen-bond donors (Lipinski definition) is 1. The molecule has 6 heteroatoms. The predicted molar refractivity (Wildman–Crippen MR) is 77.2 cm³/mol. The summed E-state index contributed by atoms with van der Waals surface area (Å²) in [4.78, 5) is 0. The quantitative estimate of drug-likeness (QED) is 0.311. The van der Waals surface area contributed by atoms with Gasteiger partial charge in [0.1, 0.15) is 0 Å². The van der Waals surface area contributed by atoms with Gasteiger partial charge in [-0.1, -0.05) is 39.0 Å². The fourth-order valence-electron chi connectivity index (χ4n) is 1.33. The van der Waals surface area contributed by atoms with E-state index in [1.165, 1.54) is 25.7 Å². The zero-order valence-corrected chi connectivity index (χ0v) is 13.1. The summed E-state index contributed by atoms with van der Waals surface area (Å²) in [5.41, 5.74) is 0. The van der Waals surface area contributed by atoms with Crippen LogP contribution < -0.4 is 0 Å². The summed E-state index contributed by atoms with van der Waals surface area (Å²) in [6.07, 6.45) is 7.68. The second-order valence-corrected chi connectivity index (χ2v) is 7.01. The lowest BCUT2D eigenvalue weighted by Gasteiger charge is -2.11. The van der Waals surface area contributed by atoms with E-state index in [1.54, 1.807) is 0 Å². The fraction of sp³-hybridized carbons (Fsp3) is 1.00. The molecule has 0 aromatic carbocycles. The van der Waals surface area contributed by atoms with Crippen LogP contribution in [0.25, 0.3) is 0 Å². The monoisotopic (exact) mass is 302 g/mol. The van der Waals surface area contributed by atoms with Crippen LogP contribution in [0, 0.1) is 0 Å². The molecule has 0 saturated carbocycles. The van der Waals surface area contributed by atoms with Crippen LogP contribution >= 0.6 is 30.8 Å². The highest BCUT2D eigenvalue weighted by atomic mass is 35.7. The SMILES string of the molecule is CCCCCCCCOP(=O)(Cl)OCCCS. The molecule has 0 aliphatic heterocycles. The van der Waals surface area contributed by atoms with Crippen LogP contribution in [0.15, 0.2) is 0 Å². The normalized spacial score (nSPS) is 14.8. The van der Waals surface area contributed by atoms with Gasteiger partial charge >= 0.3 is 6.95 Å².